The zero-order valence-corrected chi connectivity index (χ0v) is 19.0. The number of carbonyl (C=O) groups is 1. The minimum absolute atomic E-state index is 0.0364. The quantitative estimate of drug-likeness (QED) is 0.471. The third-order valence-corrected chi connectivity index (χ3v) is 7.79. The molecule has 0 N–H and O–H groups in total. The van der Waals surface area contributed by atoms with Gasteiger partial charge >= 0.3 is 0 Å². The van der Waals surface area contributed by atoms with Crippen LogP contribution >= 0.6 is 11.8 Å². The van der Waals surface area contributed by atoms with E-state index in [1.165, 1.54) is 31.0 Å². The van der Waals surface area contributed by atoms with Crippen LogP contribution in [0.3, 0.4) is 0 Å². The molecule has 0 spiro atoms. The van der Waals surface area contributed by atoms with Crippen LogP contribution in [0.4, 0.5) is 0 Å². The Labute approximate surface area is 183 Å². The maximum Gasteiger partial charge on any atom is 0.262 e. The van der Waals surface area contributed by atoms with Gasteiger partial charge in [-0.1, -0.05) is 56.0 Å². The molecule has 2 fully saturated rings. The molecule has 0 saturated heterocycles. The monoisotopic (exact) mass is 427 g/mol. The molecule has 2 saturated carbocycles. The second-order valence-corrected chi connectivity index (χ2v) is 10.0. The number of aromatic nitrogens is 2. The van der Waals surface area contributed by atoms with Crippen molar-refractivity contribution >= 4 is 28.6 Å². The lowest BCUT2D eigenvalue weighted by atomic mass is 9.94. The molecule has 0 bridgehead atoms. The second-order valence-electron chi connectivity index (χ2n) is 8.70. The Bertz CT molecular complexity index is 945. The first kappa shape index (κ1) is 21.4. The van der Waals surface area contributed by atoms with Crippen LogP contribution in [0.2, 0.25) is 0 Å². The first-order valence-corrected chi connectivity index (χ1v) is 12.5. The normalized spacial score (nSPS) is 19.3. The molecular weight excluding hydrogens is 394 g/mol. The van der Waals surface area contributed by atoms with Crippen LogP contribution in [0, 0.1) is 0 Å². The largest absolute Gasteiger partial charge is 0.339 e. The van der Waals surface area contributed by atoms with Gasteiger partial charge < -0.3 is 4.90 Å². The van der Waals surface area contributed by atoms with Gasteiger partial charge in [0.15, 0.2) is 5.16 Å². The van der Waals surface area contributed by atoms with Gasteiger partial charge in [0.2, 0.25) is 5.91 Å². The zero-order chi connectivity index (χ0) is 21.1. The maximum absolute atomic E-state index is 13.3. The topological polar surface area (TPSA) is 55.2 Å². The summed E-state index contributed by atoms with van der Waals surface area (Å²) < 4.78 is 1.89. The third kappa shape index (κ3) is 4.29. The molecule has 4 rings (SSSR count). The summed E-state index contributed by atoms with van der Waals surface area (Å²) >= 11 is 1.46. The van der Waals surface area contributed by atoms with E-state index in [4.69, 9.17) is 4.98 Å². The molecule has 1 atom stereocenters. The second kappa shape index (κ2) is 9.54. The molecule has 2 aromatic rings. The Morgan fingerprint density at radius 3 is 2.50 bits per heavy atom. The molecule has 5 nitrogen and oxygen atoms in total. The summed E-state index contributed by atoms with van der Waals surface area (Å²) in [6, 6.07) is 8.13. The molecule has 2 aliphatic carbocycles. The molecular formula is C24H33N3O2S. The molecule has 1 heterocycles. The lowest BCUT2D eigenvalue weighted by Gasteiger charge is -2.35. The molecule has 0 unspecified atom stereocenters. The van der Waals surface area contributed by atoms with Crippen molar-refractivity contribution in [2.24, 2.45) is 0 Å². The van der Waals surface area contributed by atoms with Crippen molar-refractivity contribution in [1.82, 2.24) is 14.5 Å². The molecule has 0 radical (unpaired) electrons. The Balaban J connectivity index is 1.64. The molecule has 1 aromatic heterocycles. The number of fused-ring (bicyclic) bond motifs is 1. The molecule has 6 heteroatoms. The maximum atomic E-state index is 13.3. The third-order valence-electron chi connectivity index (χ3n) is 6.73. The molecule has 2 aliphatic rings. The average Bonchev–Trinajstić information content (AvgIpc) is 3.29. The summed E-state index contributed by atoms with van der Waals surface area (Å²) in [7, 11) is 0. The van der Waals surface area contributed by atoms with Crippen LogP contribution in [0.15, 0.2) is 34.2 Å². The Morgan fingerprint density at radius 2 is 1.80 bits per heavy atom. The lowest BCUT2D eigenvalue weighted by molar-refractivity contribution is -0.133. The minimum Gasteiger partial charge on any atom is -0.339 e. The van der Waals surface area contributed by atoms with Crippen molar-refractivity contribution in [3.8, 4) is 0 Å². The van der Waals surface area contributed by atoms with E-state index in [9.17, 15) is 9.59 Å². The van der Waals surface area contributed by atoms with E-state index in [1.54, 1.807) is 0 Å². The van der Waals surface area contributed by atoms with Gasteiger partial charge in [-0.3, -0.25) is 14.2 Å². The van der Waals surface area contributed by atoms with E-state index in [0.717, 1.165) is 50.6 Å². The van der Waals surface area contributed by atoms with Gasteiger partial charge in [-0.05, 0) is 51.7 Å². The Morgan fingerprint density at radius 1 is 1.13 bits per heavy atom. The van der Waals surface area contributed by atoms with Gasteiger partial charge in [0.05, 0.1) is 16.2 Å². The molecule has 30 heavy (non-hydrogen) atoms. The van der Waals surface area contributed by atoms with E-state index in [1.807, 2.05) is 35.8 Å². The molecule has 1 aromatic carbocycles. The van der Waals surface area contributed by atoms with E-state index >= 15 is 0 Å². The summed E-state index contributed by atoms with van der Waals surface area (Å²) in [6.07, 6.45) is 10.2. The predicted molar refractivity (Wildman–Crippen MR) is 123 cm³/mol. The molecule has 0 aliphatic heterocycles. The smallest absolute Gasteiger partial charge is 0.262 e. The fraction of sp³-hybridized carbons (Fsp3) is 0.625. The average molecular weight is 428 g/mol. The first-order chi connectivity index (χ1) is 14.6. The number of thioether (sulfide) groups is 1. The van der Waals surface area contributed by atoms with Crippen molar-refractivity contribution in [3.05, 3.63) is 34.6 Å². The SMILES string of the molecule is CCN(C(=O)[C@@H](C)Sc1nc2ccccc2c(=O)n1C1CCCC1)C1CCCCC1. The van der Waals surface area contributed by atoms with Crippen molar-refractivity contribution < 1.29 is 4.79 Å². The van der Waals surface area contributed by atoms with Gasteiger partial charge in [0.25, 0.3) is 5.56 Å². The van der Waals surface area contributed by atoms with Crippen molar-refractivity contribution in [2.45, 2.75) is 94.1 Å². The van der Waals surface area contributed by atoms with E-state index < -0.39 is 0 Å². The number of nitrogens with zero attached hydrogens (tertiary/aromatic N) is 3. The molecule has 162 valence electrons. The van der Waals surface area contributed by atoms with Crippen molar-refractivity contribution in [3.63, 3.8) is 0 Å². The van der Waals surface area contributed by atoms with Crippen LogP contribution in [-0.2, 0) is 4.79 Å². The number of rotatable bonds is 6. The van der Waals surface area contributed by atoms with Crippen LogP contribution in [0.25, 0.3) is 10.9 Å². The van der Waals surface area contributed by atoms with Gasteiger partial charge in [0.1, 0.15) is 0 Å². The van der Waals surface area contributed by atoms with Gasteiger partial charge in [-0.25, -0.2) is 4.98 Å². The predicted octanol–water partition coefficient (Wildman–Crippen LogP) is 5.17. The zero-order valence-electron chi connectivity index (χ0n) is 18.2. The number of hydrogen-bond donors (Lipinski definition) is 0. The highest BCUT2D eigenvalue weighted by Gasteiger charge is 2.30. The van der Waals surface area contributed by atoms with Crippen molar-refractivity contribution in [2.75, 3.05) is 6.54 Å². The minimum atomic E-state index is -0.257. The first-order valence-electron chi connectivity index (χ1n) is 11.6. The number of para-hydroxylation sites is 1. The number of hydrogen-bond acceptors (Lipinski definition) is 4. The van der Waals surface area contributed by atoms with Crippen LogP contribution in [0.5, 0.6) is 0 Å². The fourth-order valence-corrected chi connectivity index (χ4v) is 6.17. The van der Waals surface area contributed by atoms with Crippen LogP contribution in [0.1, 0.15) is 77.7 Å². The van der Waals surface area contributed by atoms with Gasteiger partial charge in [0, 0.05) is 18.6 Å². The van der Waals surface area contributed by atoms with Crippen molar-refractivity contribution in [1.29, 1.82) is 0 Å². The summed E-state index contributed by atoms with van der Waals surface area (Å²) in [5.74, 6) is 0.176. The van der Waals surface area contributed by atoms with E-state index in [0.29, 0.717) is 16.6 Å². The van der Waals surface area contributed by atoms with Gasteiger partial charge in [-0.2, -0.15) is 0 Å². The highest BCUT2D eigenvalue weighted by molar-refractivity contribution is 8.00. The number of benzene rings is 1. The summed E-state index contributed by atoms with van der Waals surface area (Å²) in [6.45, 7) is 4.79. The summed E-state index contributed by atoms with van der Waals surface area (Å²) in [5.41, 5.74) is 0.757. The standard InChI is InChI=1S/C24H33N3O2S/c1-3-26(18-11-5-4-6-12-18)22(28)17(2)30-24-25-21-16-10-9-15-20(21)23(29)27(24)19-13-7-8-14-19/h9-10,15-19H,3-8,11-14H2,1-2H3/t17-/m1/s1. The number of carbonyl (C=O) groups excluding carboxylic acids is 1. The van der Waals surface area contributed by atoms with E-state index in [2.05, 4.69) is 11.8 Å². The highest BCUT2D eigenvalue weighted by atomic mass is 32.2. The Hall–Kier alpha value is -1.82. The molecule has 1 amide bonds. The summed E-state index contributed by atoms with van der Waals surface area (Å²) in [5, 5.41) is 1.11. The summed E-state index contributed by atoms with van der Waals surface area (Å²) in [4.78, 5) is 33.6. The Kier molecular flexibility index (Phi) is 6.81. The lowest BCUT2D eigenvalue weighted by Crippen LogP contribution is -2.44. The van der Waals surface area contributed by atoms with Crippen LogP contribution in [-0.4, -0.2) is 38.2 Å². The van der Waals surface area contributed by atoms with Gasteiger partial charge in [-0.15, -0.1) is 0 Å². The van der Waals surface area contributed by atoms with E-state index in [-0.39, 0.29) is 22.8 Å². The highest BCUT2D eigenvalue weighted by Crippen LogP contribution is 2.34. The number of amides is 1. The van der Waals surface area contributed by atoms with Crippen LogP contribution < -0.4 is 5.56 Å². The fourth-order valence-electron chi connectivity index (χ4n) is 5.12.